The van der Waals surface area contributed by atoms with Gasteiger partial charge in [-0.15, -0.1) is 11.3 Å². The summed E-state index contributed by atoms with van der Waals surface area (Å²) in [4.78, 5) is 16.9. The van der Waals surface area contributed by atoms with Gasteiger partial charge in [0.1, 0.15) is 16.3 Å². The third kappa shape index (κ3) is 3.37. The molecule has 0 atom stereocenters. The molecule has 0 unspecified atom stereocenters. The lowest BCUT2D eigenvalue weighted by Gasteiger charge is -2.16. The number of aryl methyl sites for hydroxylation is 1. The maximum Gasteiger partial charge on any atom is 0.433 e. The summed E-state index contributed by atoms with van der Waals surface area (Å²) in [6.45, 7) is 2.10. The Morgan fingerprint density at radius 1 is 1.18 bits per heavy atom. The first-order valence-corrected chi connectivity index (χ1v) is 9.53. The zero-order valence-electron chi connectivity index (χ0n) is 14.9. The number of carbonyl (C=O) groups is 1. The number of rotatable bonds is 4. The predicted octanol–water partition coefficient (Wildman–Crippen LogP) is 5.22. The number of aromatic nitrogens is 1. The SMILES string of the molecule is Cc1c(C(=O)NCC2(c3ccc(F)cc3)CC2)sc2nc(C(F)(F)F)ccc12. The van der Waals surface area contributed by atoms with Crippen LogP contribution < -0.4 is 5.32 Å². The Labute approximate surface area is 162 Å². The molecule has 0 spiro atoms. The number of nitrogens with one attached hydrogen (secondary N) is 1. The van der Waals surface area contributed by atoms with Crippen LogP contribution in [0.2, 0.25) is 0 Å². The number of nitrogens with zero attached hydrogens (tertiary/aromatic N) is 1. The molecule has 1 aliphatic carbocycles. The minimum absolute atomic E-state index is 0.192. The van der Waals surface area contributed by atoms with Crippen molar-refractivity contribution in [2.24, 2.45) is 0 Å². The average Bonchev–Trinajstić information content (AvgIpc) is 3.37. The average molecular weight is 408 g/mol. The van der Waals surface area contributed by atoms with E-state index >= 15 is 0 Å². The zero-order valence-corrected chi connectivity index (χ0v) is 15.7. The van der Waals surface area contributed by atoms with E-state index in [0.29, 0.717) is 22.4 Å². The number of amides is 1. The van der Waals surface area contributed by atoms with Crippen LogP contribution in [0, 0.1) is 12.7 Å². The molecule has 3 nitrogen and oxygen atoms in total. The Bertz CT molecular complexity index is 1050. The molecule has 1 N–H and O–H groups in total. The summed E-state index contributed by atoms with van der Waals surface area (Å²) in [6.07, 6.45) is -2.75. The van der Waals surface area contributed by atoms with Crippen LogP contribution in [0.25, 0.3) is 10.2 Å². The standard InChI is InChI=1S/C20H16F4N2OS/c1-11-14-6-7-15(20(22,23)24)26-18(14)28-16(11)17(27)25-10-19(8-9-19)12-2-4-13(21)5-3-12/h2-7H,8-10H2,1H3,(H,25,27). The second-order valence-electron chi connectivity index (χ2n) is 7.07. The molecule has 2 aromatic heterocycles. The number of thiophene rings is 1. The molecule has 2 heterocycles. The predicted molar refractivity (Wildman–Crippen MR) is 99.0 cm³/mol. The van der Waals surface area contributed by atoms with E-state index in [1.807, 2.05) is 0 Å². The van der Waals surface area contributed by atoms with Gasteiger partial charge in [0.05, 0.1) is 4.88 Å². The Balaban J connectivity index is 1.54. The van der Waals surface area contributed by atoms with Crippen molar-refractivity contribution in [2.75, 3.05) is 6.54 Å². The van der Waals surface area contributed by atoms with Crippen molar-refractivity contribution < 1.29 is 22.4 Å². The van der Waals surface area contributed by atoms with Gasteiger partial charge in [0.2, 0.25) is 0 Å². The van der Waals surface area contributed by atoms with E-state index in [2.05, 4.69) is 10.3 Å². The molecule has 0 radical (unpaired) electrons. The fraction of sp³-hybridized carbons (Fsp3) is 0.300. The molecule has 3 aromatic rings. The Morgan fingerprint density at radius 3 is 2.46 bits per heavy atom. The molecule has 1 fully saturated rings. The van der Waals surface area contributed by atoms with Gasteiger partial charge in [-0.2, -0.15) is 13.2 Å². The third-order valence-corrected chi connectivity index (χ3v) is 6.40. The largest absolute Gasteiger partial charge is 0.433 e. The molecule has 4 rings (SSSR count). The van der Waals surface area contributed by atoms with Crippen molar-refractivity contribution in [1.29, 1.82) is 0 Å². The van der Waals surface area contributed by atoms with Crippen molar-refractivity contribution in [3.05, 3.63) is 63.9 Å². The molecule has 0 bridgehead atoms. The quantitative estimate of drug-likeness (QED) is 0.601. The molecule has 1 aliphatic rings. The third-order valence-electron chi connectivity index (χ3n) is 5.20. The number of pyridine rings is 1. The summed E-state index contributed by atoms with van der Waals surface area (Å²) in [6, 6.07) is 8.53. The van der Waals surface area contributed by atoms with E-state index in [4.69, 9.17) is 0 Å². The lowest BCUT2D eigenvalue weighted by atomic mass is 9.96. The minimum atomic E-state index is -4.53. The highest BCUT2D eigenvalue weighted by Crippen LogP contribution is 2.47. The van der Waals surface area contributed by atoms with E-state index in [-0.39, 0.29) is 22.0 Å². The van der Waals surface area contributed by atoms with Crippen LogP contribution >= 0.6 is 11.3 Å². The molecule has 1 aromatic carbocycles. The normalized spacial score (nSPS) is 15.6. The van der Waals surface area contributed by atoms with Crippen molar-refractivity contribution in [3.8, 4) is 0 Å². The molecule has 1 saturated carbocycles. The number of fused-ring (bicyclic) bond motifs is 1. The molecule has 0 saturated heterocycles. The number of hydrogen-bond donors (Lipinski definition) is 1. The summed E-state index contributed by atoms with van der Waals surface area (Å²) in [7, 11) is 0. The second kappa shape index (κ2) is 6.55. The van der Waals surface area contributed by atoms with Gasteiger partial charge in [-0.1, -0.05) is 12.1 Å². The smallest absolute Gasteiger partial charge is 0.350 e. The number of halogens is 4. The van der Waals surface area contributed by atoms with Gasteiger partial charge in [0, 0.05) is 17.3 Å². The Kier molecular flexibility index (Phi) is 4.41. The summed E-state index contributed by atoms with van der Waals surface area (Å²) in [5, 5.41) is 3.43. The van der Waals surface area contributed by atoms with Crippen molar-refractivity contribution in [3.63, 3.8) is 0 Å². The van der Waals surface area contributed by atoms with Crippen molar-refractivity contribution >= 4 is 27.5 Å². The van der Waals surface area contributed by atoms with Gasteiger partial charge in [0.25, 0.3) is 5.91 Å². The monoisotopic (exact) mass is 408 g/mol. The topological polar surface area (TPSA) is 42.0 Å². The van der Waals surface area contributed by atoms with Gasteiger partial charge in [-0.05, 0) is 55.2 Å². The Morgan fingerprint density at radius 2 is 1.86 bits per heavy atom. The van der Waals surface area contributed by atoms with Gasteiger partial charge in [-0.25, -0.2) is 9.37 Å². The first kappa shape index (κ1) is 18.9. The van der Waals surface area contributed by atoms with Crippen LogP contribution in [-0.4, -0.2) is 17.4 Å². The van der Waals surface area contributed by atoms with Crippen LogP contribution in [0.3, 0.4) is 0 Å². The minimum Gasteiger partial charge on any atom is -0.350 e. The van der Waals surface area contributed by atoms with Gasteiger partial charge in [0.15, 0.2) is 0 Å². The summed E-state index contributed by atoms with van der Waals surface area (Å²) in [5.41, 5.74) is 0.417. The van der Waals surface area contributed by atoms with E-state index in [9.17, 15) is 22.4 Å². The highest BCUT2D eigenvalue weighted by molar-refractivity contribution is 7.20. The first-order valence-electron chi connectivity index (χ1n) is 8.71. The number of hydrogen-bond acceptors (Lipinski definition) is 3. The fourth-order valence-corrected chi connectivity index (χ4v) is 4.42. The van der Waals surface area contributed by atoms with Gasteiger partial charge >= 0.3 is 6.18 Å². The summed E-state index contributed by atoms with van der Waals surface area (Å²) >= 11 is 0.958. The summed E-state index contributed by atoms with van der Waals surface area (Å²) < 4.78 is 51.7. The van der Waals surface area contributed by atoms with Crippen LogP contribution in [-0.2, 0) is 11.6 Å². The van der Waals surface area contributed by atoms with Crippen LogP contribution in [0.4, 0.5) is 17.6 Å². The highest BCUT2D eigenvalue weighted by atomic mass is 32.1. The number of carbonyl (C=O) groups excluding carboxylic acids is 1. The molecular formula is C20H16F4N2OS. The zero-order chi connectivity index (χ0) is 20.1. The summed E-state index contributed by atoms with van der Waals surface area (Å²) in [5.74, 6) is -0.641. The lowest BCUT2D eigenvalue weighted by Crippen LogP contribution is -2.32. The molecule has 28 heavy (non-hydrogen) atoms. The molecule has 0 aliphatic heterocycles. The van der Waals surface area contributed by atoms with Crippen LogP contribution in [0.15, 0.2) is 36.4 Å². The van der Waals surface area contributed by atoms with E-state index in [0.717, 1.165) is 35.8 Å². The van der Waals surface area contributed by atoms with Crippen molar-refractivity contribution in [2.45, 2.75) is 31.4 Å². The molecular weight excluding hydrogens is 392 g/mol. The van der Waals surface area contributed by atoms with Gasteiger partial charge < -0.3 is 5.32 Å². The molecule has 146 valence electrons. The maximum absolute atomic E-state index is 13.1. The van der Waals surface area contributed by atoms with Crippen LogP contribution in [0.1, 0.15) is 39.3 Å². The number of benzene rings is 1. The van der Waals surface area contributed by atoms with E-state index in [1.54, 1.807) is 19.1 Å². The lowest BCUT2D eigenvalue weighted by molar-refractivity contribution is -0.140. The fourth-order valence-electron chi connectivity index (χ4n) is 3.33. The number of alkyl halides is 3. The van der Waals surface area contributed by atoms with Gasteiger partial charge in [-0.3, -0.25) is 4.79 Å². The van der Waals surface area contributed by atoms with E-state index in [1.165, 1.54) is 18.2 Å². The van der Waals surface area contributed by atoms with Crippen LogP contribution in [0.5, 0.6) is 0 Å². The highest BCUT2D eigenvalue weighted by Gasteiger charge is 2.44. The maximum atomic E-state index is 13.1. The van der Waals surface area contributed by atoms with E-state index < -0.39 is 11.9 Å². The Hall–Kier alpha value is -2.48. The molecule has 1 amide bonds. The second-order valence-corrected chi connectivity index (χ2v) is 8.07. The molecule has 8 heteroatoms. The van der Waals surface area contributed by atoms with Crippen molar-refractivity contribution in [1.82, 2.24) is 10.3 Å². The first-order chi connectivity index (χ1) is 13.2.